The predicted octanol–water partition coefficient (Wildman–Crippen LogP) is 6.92. The Bertz CT molecular complexity index is 1330. The summed E-state index contributed by atoms with van der Waals surface area (Å²) in [5.74, 6) is -3.22. The molecule has 1 spiro atoms. The summed E-state index contributed by atoms with van der Waals surface area (Å²) in [5.41, 5.74) is 0.510. The average Bonchev–Trinajstić information content (AvgIpc) is 3.11. The maximum Gasteiger partial charge on any atom is 0.471 e. The number of ketones is 1. The van der Waals surface area contributed by atoms with Crippen LogP contribution in [0.1, 0.15) is 59.7 Å². The van der Waals surface area contributed by atoms with Crippen molar-refractivity contribution in [1.29, 1.82) is 0 Å². The van der Waals surface area contributed by atoms with Gasteiger partial charge in [-0.15, -0.1) is 0 Å². The van der Waals surface area contributed by atoms with E-state index in [1.165, 1.54) is 31.2 Å². The lowest BCUT2D eigenvalue weighted by molar-refractivity contribution is -0.174. The fraction of sp³-hybridized carbons (Fsp3) is 0.370. The normalized spacial score (nSPS) is 22.9. The lowest BCUT2D eigenvalue weighted by Gasteiger charge is -2.49. The second-order valence-electron chi connectivity index (χ2n) is 9.53. The molecule has 1 amide bonds. The number of rotatable bonds is 4. The molecule has 196 valence electrons. The number of alkyl halides is 3. The Hall–Kier alpha value is -2.65. The molecule has 2 aromatic rings. The summed E-state index contributed by atoms with van der Waals surface area (Å²) >= 11 is 9.72. The molecule has 1 fully saturated rings. The van der Waals surface area contributed by atoms with E-state index in [9.17, 15) is 27.6 Å². The van der Waals surface area contributed by atoms with Crippen LogP contribution in [0.3, 0.4) is 0 Å². The van der Waals surface area contributed by atoms with Gasteiger partial charge in [0.25, 0.3) is 0 Å². The van der Waals surface area contributed by atoms with Gasteiger partial charge in [-0.2, -0.15) is 13.2 Å². The van der Waals surface area contributed by atoms with Crippen molar-refractivity contribution < 1.29 is 32.3 Å². The smallest absolute Gasteiger partial charge is 0.467 e. The number of methoxy groups -OCH3 is 1. The SMILES string of the molecule is COC(=O)C1(N(C(=O)C(F)(F)F)c2cccc(Cl)c2)CCC2(CC1)C(Br)=Cc1c(C)cc(C(C)=O)cc12. The first kappa shape index (κ1) is 27.4. The number of halogens is 5. The molecule has 4 rings (SSSR count). The number of fused-ring (bicyclic) bond motifs is 2. The summed E-state index contributed by atoms with van der Waals surface area (Å²) in [6.45, 7) is 3.37. The van der Waals surface area contributed by atoms with Crippen molar-refractivity contribution in [2.24, 2.45) is 0 Å². The van der Waals surface area contributed by atoms with Crippen LogP contribution in [-0.4, -0.2) is 36.5 Å². The number of anilines is 1. The molecule has 37 heavy (non-hydrogen) atoms. The Morgan fingerprint density at radius 1 is 1.08 bits per heavy atom. The number of ether oxygens (including phenoxy) is 1. The zero-order valence-electron chi connectivity index (χ0n) is 20.3. The number of hydrogen-bond donors (Lipinski definition) is 0. The molecule has 0 saturated heterocycles. The van der Waals surface area contributed by atoms with Crippen molar-refractivity contribution in [3.63, 3.8) is 0 Å². The van der Waals surface area contributed by atoms with Gasteiger partial charge in [0.05, 0.1) is 7.11 Å². The van der Waals surface area contributed by atoms with Crippen molar-refractivity contribution in [2.45, 2.75) is 56.7 Å². The van der Waals surface area contributed by atoms with Crippen molar-refractivity contribution in [2.75, 3.05) is 12.0 Å². The summed E-state index contributed by atoms with van der Waals surface area (Å²) < 4.78 is 47.4. The molecule has 10 heteroatoms. The van der Waals surface area contributed by atoms with Crippen LogP contribution in [0.4, 0.5) is 18.9 Å². The van der Waals surface area contributed by atoms with Crippen molar-refractivity contribution in [3.8, 4) is 0 Å². The minimum Gasteiger partial charge on any atom is -0.467 e. The number of aryl methyl sites for hydroxylation is 1. The monoisotopic (exact) mass is 597 g/mol. The van der Waals surface area contributed by atoms with Crippen LogP contribution in [0.2, 0.25) is 5.02 Å². The van der Waals surface area contributed by atoms with Gasteiger partial charge in [-0.25, -0.2) is 4.79 Å². The number of benzene rings is 2. The molecule has 0 aromatic heterocycles. The Kier molecular flexibility index (Phi) is 7.09. The molecule has 0 aliphatic heterocycles. The number of allylic oxidation sites excluding steroid dienone is 1. The minimum atomic E-state index is -5.24. The van der Waals surface area contributed by atoms with E-state index in [0.29, 0.717) is 10.5 Å². The van der Waals surface area contributed by atoms with E-state index in [4.69, 9.17) is 16.3 Å². The molecule has 2 aliphatic carbocycles. The molecule has 0 atom stereocenters. The molecule has 0 heterocycles. The Balaban J connectivity index is 1.84. The first-order valence-corrected chi connectivity index (χ1v) is 12.7. The summed E-state index contributed by atoms with van der Waals surface area (Å²) in [6.07, 6.45) is -3.05. The predicted molar refractivity (Wildman–Crippen MR) is 138 cm³/mol. The van der Waals surface area contributed by atoms with Gasteiger partial charge in [-0.3, -0.25) is 14.5 Å². The Labute approximate surface area is 225 Å². The molecule has 0 bridgehead atoms. The zero-order valence-corrected chi connectivity index (χ0v) is 22.7. The van der Waals surface area contributed by atoms with Gasteiger partial charge in [0, 0.05) is 26.2 Å². The quantitative estimate of drug-likeness (QED) is 0.283. The van der Waals surface area contributed by atoms with Gasteiger partial charge in [-0.1, -0.05) is 33.6 Å². The van der Waals surface area contributed by atoms with Gasteiger partial charge < -0.3 is 4.74 Å². The average molecular weight is 599 g/mol. The Morgan fingerprint density at radius 2 is 1.73 bits per heavy atom. The van der Waals surface area contributed by atoms with Crippen molar-refractivity contribution >= 4 is 57.0 Å². The van der Waals surface area contributed by atoms with Crippen LogP contribution in [0.15, 0.2) is 40.9 Å². The minimum absolute atomic E-state index is 0.105. The second-order valence-corrected chi connectivity index (χ2v) is 10.8. The van der Waals surface area contributed by atoms with Crippen LogP contribution in [0.25, 0.3) is 6.08 Å². The highest BCUT2D eigenvalue weighted by molar-refractivity contribution is 9.11. The van der Waals surface area contributed by atoms with E-state index in [2.05, 4.69) is 15.9 Å². The molecular formula is C27H24BrClF3NO4. The van der Waals surface area contributed by atoms with E-state index in [-0.39, 0.29) is 42.2 Å². The largest absolute Gasteiger partial charge is 0.471 e. The Morgan fingerprint density at radius 3 is 2.27 bits per heavy atom. The molecule has 0 unspecified atom stereocenters. The van der Waals surface area contributed by atoms with Crippen LogP contribution < -0.4 is 4.90 Å². The number of esters is 1. The van der Waals surface area contributed by atoms with Crippen molar-refractivity contribution in [1.82, 2.24) is 0 Å². The molecule has 5 nitrogen and oxygen atoms in total. The van der Waals surface area contributed by atoms with Gasteiger partial charge in [-0.05, 0) is 92.6 Å². The summed E-state index contributed by atoms with van der Waals surface area (Å²) in [5, 5.41) is 0.118. The lowest BCUT2D eigenvalue weighted by Crippen LogP contribution is -2.63. The van der Waals surface area contributed by atoms with E-state index < -0.39 is 29.0 Å². The third-order valence-corrected chi connectivity index (χ3v) is 8.70. The number of Topliss-reactive ketones (excluding diaryl/α,β-unsaturated/α-hetero) is 1. The number of carbonyl (C=O) groups excluding carboxylic acids is 3. The number of amides is 1. The van der Waals surface area contributed by atoms with Crippen LogP contribution in [0, 0.1) is 6.92 Å². The van der Waals surface area contributed by atoms with Crippen LogP contribution in [0.5, 0.6) is 0 Å². The summed E-state index contributed by atoms with van der Waals surface area (Å²) in [7, 11) is 1.09. The first-order valence-electron chi connectivity index (χ1n) is 11.6. The van der Waals surface area contributed by atoms with E-state index in [1.54, 1.807) is 6.07 Å². The number of carbonyl (C=O) groups is 3. The van der Waals surface area contributed by atoms with Crippen molar-refractivity contribution in [3.05, 3.63) is 68.2 Å². The van der Waals surface area contributed by atoms with E-state index in [0.717, 1.165) is 28.3 Å². The molecule has 0 N–H and O–H groups in total. The van der Waals surface area contributed by atoms with Gasteiger partial charge >= 0.3 is 18.1 Å². The zero-order chi connectivity index (χ0) is 27.3. The molecule has 2 aromatic carbocycles. The molecule has 0 radical (unpaired) electrons. The van der Waals surface area contributed by atoms with Crippen LogP contribution >= 0.6 is 27.5 Å². The van der Waals surface area contributed by atoms with Gasteiger partial charge in [0.2, 0.25) is 0 Å². The van der Waals surface area contributed by atoms with Gasteiger partial charge in [0.1, 0.15) is 5.54 Å². The van der Waals surface area contributed by atoms with Gasteiger partial charge in [0.15, 0.2) is 5.78 Å². The third-order valence-electron chi connectivity index (χ3n) is 7.47. The number of hydrogen-bond acceptors (Lipinski definition) is 4. The van der Waals surface area contributed by atoms with E-state index >= 15 is 0 Å². The molecular weight excluding hydrogens is 575 g/mol. The highest BCUT2D eigenvalue weighted by Gasteiger charge is 2.59. The highest BCUT2D eigenvalue weighted by atomic mass is 79.9. The summed E-state index contributed by atoms with van der Waals surface area (Å²) in [6, 6.07) is 9.05. The third kappa shape index (κ3) is 4.50. The molecule has 2 aliphatic rings. The lowest BCUT2D eigenvalue weighted by atomic mass is 9.64. The standard InChI is InChI=1S/C27H24BrClF3NO4/c1-15-11-17(16(2)34)12-21-20(15)14-22(28)25(21)7-9-26(10-8-25,24(36)37-3)33(23(35)27(30,31)32)19-6-4-5-18(29)13-19/h4-6,11-14H,7-10H2,1-3H3. The summed E-state index contributed by atoms with van der Waals surface area (Å²) in [4.78, 5) is 38.8. The van der Waals surface area contributed by atoms with E-state index in [1.807, 2.05) is 19.1 Å². The maximum absolute atomic E-state index is 13.9. The fourth-order valence-corrected chi connectivity index (χ4v) is 6.61. The number of nitrogens with zero attached hydrogens (tertiary/aromatic N) is 1. The topological polar surface area (TPSA) is 63.7 Å². The second kappa shape index (κ2) is 9.58. The fourth-order valence-electron chi connectivity index (χ4n) is 5.59. The molecule has 1 saturated carbocycles. The first-order chi connectivity index (χ1) is 17.3. The highest BCUT2D eigenvalue weighted by Crippen LogP contribution is 2.57. The maximum atomic E-state index is 13.9. The van der Waals surface area contributed by atoms with Crippen LogP contribution in [-0.2, 0) is 19.7 Å².